The van der Waals surface area contributed by atoms with Gasteiger partial charge >= 0.3 is 5.97 Å². The van der Waals surface area contributed by atoms with Gasteiger partial charge in [-0.05, 0) is 79.9 Å². The fourth-order valence-corrected chi connectivity index (χ4v) is 5.13. The molecule has 0 radical (unpaired) electrons. The molecule has 0 aliphatic rings. The number of hydrogen-bond donors (Lipinski definition) is 0. The van der Waals surface area contributed by atoms with Crippen LogP contribution < -0.4 is 9.47 Å². The molecular formula is C25H21Br3N2O4. The van der Waals surface area contributed by atoms with Gasteiger partial charge in [-0.3, -0.25) is 0 Å². The molecule has 0 fully saturated rings. The van der Waals surface area contributed by atoms with Crippen molar-refractivity contribution in [3.05, 3.63) is 73.6 Å². The van der Waals surface area contributed by atoms with E-state index in [9.17, 15) is 4.79 Å². The van der Waals surface area contributed by atoms with Crippen molar-refractivity contribution in [1.29, 1.82) is 0 Å². The first-order valence-corrected chi connectivity index (χ1v) is 12.9. The first kappa shape index (κ1) is 24.8. The van der Waals surface area contributed by atoms with E-state index >= 15 is 0 Å². The first-order valence-electron chi connectivity index (χ1n) is 10.5. The van der Waals surface area contributed by atoms with E-state index in [0.29, 0.717) is 31.2 Å². The summed E-state index contributed by atoms with van der Waals surface area (Å²) in [7, 11) is 1.36. The maximum Gasteiger partial charge on any atom is 0.337 e. The molecule has 6 nitrogen and oxygen atoms in total. The summed E-state index contributed by atoms with van der Waals surface area (Å²) in [5.74, 6) is 1.01. The smallest absolute Gasteiger partial charge is 0.337 e. The number of nitrogens with zero attached hydrogens (tertiary/aromatic N) is 2. The number of fused-ring (bicyclic) bond motifs is 1. The van der Waals surface area contributed by atoms with E-state index < -0.39 is 0 Å². The topological polar surface area (TPSA) is 62.6 Å². The molecule has 4 rings (SSSR count). The van der Waals surface area contributed by atoms with E-state index in [1.807, 2.05) is 43.3 Å². The number of aromatic nitrogens is 2. The maximum absolute atomic E-state index is 11.7. The lowest BCUT2D eigenvalue weighted by Gasteiger charge is -2.12. The highest BCUT2D eigenvalue weighted by molar-refractivity contribution is 9.11. The average Bonchev–Trinajstić information content (AvgIpc) is 3.15. The summed E-state index contributed by atoms with van der Waals surface area (Å²) in [4.78, 5) is 11.7. The Hall–Kier alpha value is -2.36. The lowest BCUT2D eigenvalue weighted by Crippen LogP contribution is -2.12. The molecule has 0 bridgehead atoms. The molecule has 0 saturated carbocycles. The highest BCUT2D eigenvalue weighted by atomic mass is 79.9. The Kier molecular flexibility index (Phi) is 7.95. The van der Waals surface area contributed by atoms with Crippen molar-refractivity contribution in [1.82, 2.24) is 9.78 Å². The minimum Gasteiger partial charge on any atom is -0.490 e. The highest BCUT2D eigenvalue weighted by Gasteiger charge is 2.19. The minimum absolute atomic E-state index is 0.379. The third-order valence-electron chi connectivity index (χ3n) is 5.15. The predicted octanol–water partition coefficient (Wildman–Crippen LogP) is 7.26. The molecule has 9 heteroatoms. The number of esters is 1. The summed E-state index contributed by atoms with van der Waals surface area (Å²) in [6.07, 6.45) is 0. The van der Waals surface area contributed by atoms with E-state index in [2.05, 4.69) is 53.9 Å². The van der Waals surface area contributed by atoms with Gasteiger partial charge in [-0.25, -0.2) is 9.48 Å². The first-order chi connectivity index (χ1) is 16.4. The summed E-state index contributed by atoms with van der Waals surface area (Å²) in [5, 5.41) is 6.93. The largest absolute Gasteiger partial charge is 0.490 e. The molecule has 0 N–H and O–H groups in total. The third-order valence-corrected chi connectivity index (χ3v) is 7.18. The quantitative estimate of drug-likeness (QED) is 0.188. The highest BCUT2D eigenvalue weighted by Crippen LogP contribution is 2.37. The Morgan fingerprint density at radius 3 is 2.44 bits per heavy atom. The van der Waals surface area contributed by atoms with Crippen LogP contribution in [-0.4, -0.2) is 36.1 Å². The number of methoxy groups -OCH3 is 1. The molecule has 0 aliphatic heterocycles. The van der Waals surface area contributed by atoms with Gasteiger partial charge in [0, 0.05) is 10.0 Å². The van der Waals surface area contributed by atoms with Crippen LogP contribution in [-0.2, 0) is 11.3 Å². The van der Waals surface area contributed by atoms with Crippen molar-refractivity contribution in [2.45, 2.75) is 13.5 Å². The van der Waals surface area contributed by atoms with Crippen LogP contribution in [0.1, 0.15) is 17.3 Å². The number of halogens is 3. The number of rotatable bonds is 8. The van der Waals surface area contributed by atoms with Crippen LogP contribution in [0.4, 0.5) is 0 Å². The van der Waals surface area contributed by atoms with Gasteiger partial charge in [0.1, 0.15) is 22.5 Å². The Balaban J connectivity index is 1.54. The Morgan fingerprint density at radius 2 is 1.74 bits per heavy atom. The molecule has 4 aromatic rings. The minimum atomic E-state index is -0.379. The molecule has 0 aliphatic carbocycles. The van der Waals surface area contributed by atoms with Gasteiger partial charge in [-0.1, -0.05) is 40.2 Å². The zero-order valence-corrected chi connectivity index (χ0v) is 23.2. The normalized spacial score (nSPS) is 11.0. The Bertz CT molecular complexity index is 1340. The zero-order chi connectivity index (χ0) is 24.2. The van der Waals surface area contributed by atoms with E-state index in [4.69, 9.17) is 19.3 Å². The van der Waals surface area contributed by atoms with Crippen LogP contribution in [0.5, 0.6) is 11.6 Å². The van der Waals surface area contributed by atoms with E-state index in [-0.39, 0.29) is 5.97 Å². The number of carbonyl (C=O) groups is 1. The van der Waals surface area contributed by atoms with Crippen molar-refractivity contribution in [2.24, 2.45) is 0 Å². The molecule has 0 unspecified atom stereocenters. The van der Waals surface area contributed by atoms with Crippen molar-refractivity contribution in [3.8, 4) is 22.9 Å². The predicted molar refractivity (Wildman–Crippen MR) is 143 cm³/mol. The molecule has 176 valence electrons. The maximum atomic E-state index is 11.7. The monoisotopic (exact) mass is 650 g/mol. The standard InChI is InChI=1S/C25H21Br3N2O4/c1-3-33-24-22(28)23(15-4-6-16(7-5-15)25(31)32-2)29-30(24)12-13-34-20-11-8-17-14-18(26)9-10-19(17)21(20)27/h4-11,14H,3,12-13H2,1-2H3. The van der Waals surface area contributed by atoms with Gasteiger partial charge in [0.2, 0.25) is 5.88 Å². The van der Waals surface area contributed by atoms with Crippen molar-refractivity contribution >= 4 is 64.5 Å². The molecular weight excluding hydrogens is 632 g/mol. The van der Waals surface area contributed by atoms with Crippen LogP contribution in [0.3, 0.4) is 0 Å². The molecule has 0 amide bonds. The summed E-state index contributed by atoms with van der Waals surface area (Å²) >= 11 is 10.8. The van der Waals surface area contributed by atoms with Crippen LogP contribution >= 0.6 is 47.8 Å². The van der Waals surface area contributed by atoms with Gasteiger partial charge < -0.3 is 14.2 Å². The Morgan fingerprint density at radius 1 is 0.971 bits per heavy atom. The molecule has 0 saturated heterocycles. The molecule has 1 heterocycles. The van der Waals surface area contributed by atoms with E-state index in [1.165, 1.54) is 7.11 Å². The van der Waals surface area contributed by atoms with Gasteiger partial charge in [0.25, 0.3) is 0 Å². The van der Waals surface area contributed by atoms with Crippen molar-refractivity contribution in [2.75, 3.05) is 20.3 Å². The number of carbonyl (C=O) groups excluding carboxylic acids is 1. The summed E-state index contributed by atoms with van der Waals surface area (Å²) in [6.45, 7) is 3.31. The third kappa shape index (κ3) is 5.16. The zero-order valence-electron chi connectivity index (χ0n) is 18.5. The second-order valence-corrected chi connectivity index (χ2v) is 9.79. The number of hydrogen-bond acceptors (Lipinski definition) is 5. The second-order valence-electron chi connectivity index (χ2n) is 7.28. The lowest BCUT2D eigenvalue weighted by molar-refractivity contribution is 0.0600. The van der Waals surface area contributed by atoms with Crippen LogP contribution in [0.15, 0.2) is 68.0 Å². The van der Waals surface area contributed by atoms with E-state index in [0.717, 1.165) is 41.2 Å². The van der Waals surface area contributed by atoms with Crippen LogP contribution in [0.25, 0.3) is 22.0 Å². The molecule has 3 aromatic carbocycles. The Labute approximate surface area is 222 Å². The summed E-state index contributed by atoms with van der Waals surface area (Å²) in [6, 6.07) is 17.2. The van der Waals surface area contributed by atoms with Crippen molar-refractivity contribution < 1.29 is 19.0 Å². The number of ether oxygens (including phenoxy) is 3. The van der Waals surface area contributed by atoms with Gasteiger partial charge in [-0.15, -0.1) is 0 Å². The average molecular weight is 653 g/mol. The van der Waals surface area contributed by atoms with Gasteiger partial charge in [-0.2, -0.15) is 5.10 Å². The van der Waals surface area contributed by atoms with E-state index in [1.54, 1.807) is 16.8 Å². The van der Waals surface area contributed by atoms with Crippen molar-refractivity contribution in [3.63, 3.8) is 0 Å². The van der Waals surface area contributed by atoms with Crippen LogP contribution in [0, 0.1) is 0 Å². The molecule has 1 aromatic heterocycles. The second kappa shape index (κ2) is 10.9. The fourth-order valence-electron chi connectivity index (χ4n) is 3.51. The van der Waals surface area contributed by atoms with Crippen LogP contribution in [0.2, 0.25) is 0 Å². The summed E-state index contributed by atoms with van der Waals surface area (Å²) < 4.78 is 21.2. The molecule has 0 atom stereocenters. The molecule has 0 spiro atoms. The SMILES string of the molecule is CCOc1c(Br)c(-c2ccc(C(=O)OC)cc2)nn1CCOc1ccc2cc(Br)ccc2c1Br. The number of benzene rings is 3. The lowest BCUT2D eigenvalue weighted by atomic mass is 10.1. The van der Waals surface area contributed by atoms with Gasteiger partial charge in [0.15, 0.2) is 0 Å². The molecule has 34 heavy (non-hydrogen) atoms. The summed E-state index contributed by atoms with van der Waals surface area (Å²) in [5.41, 5.74) is 2.05. The van der Waals surface area contributed by atoms with Gasteiger partial charge in [0.05, 0.1) is 30.3 Å². The fraction of sp³-hybridized carbons (Fsp3) is 0.200.